The molecular weight excluding hydrogens is 533 g/mol. The topological polar surface area (TPSA) is 124 Å². The normalized spacial score (nSPS) is 11.2. The van der Waals surface area contributed by atoms with E-state index in [-0.39, 0.29) is 160 Å². The van der Waals surface area contributed by atoms with Gasteiger partial charge in [0.1, 0.15) is 0 Å². The Morgan fingerprint density at radius 1 is 0.588 bits per heavy atom. The van der Waals surface area contributed by atoms with Crippen LogP contribution in [-0.2, 0) is 9.36 Å². The van der Waals surface area contributed by atoms with E-state index in [1.165, 1.54) is 103 Å². The van der Waals surface area contributed by atoms with Crippen LogP contribution in [-0.4, -0.2) is 11.1 Å². The third-order valence-electron chi connectivity index (χ3n) is 5.66. The number of hydrogen-bond acceptors (Lipinski definition) is 5. The molecule has 0 bridgehead atoms. The van der Waals surface area contributed by atoms with Gasteiger partial charge < -0.3 is 24.4 Å². The third kappa shape index (κ3) is 49.4. The SMILES string of the molecule is CCCCCCCCCCCCC(CCCCCCCCCC)C(=O)O.O=P([O-])([O-])[O-].[K+].[K+].[K+]. The number of carbonyl (C=O) groups is 1. The molecule has 1 N–H and O–H groups in total. The minimum atomic E-state index is -5.39. The molecule has 10 heteroatoms. The summed E-state index contributed by atoms with van der Waals surface area (Å²) in [5.74, 6) is -0.659. The Hall–Kier alpha value is 4.49. The molecule has 188 valence electrons. The van der Waals surface area contributed by atoms with Gasteiger partial charge in [0.25, 0.3) is 0 Å². The van der Waals surface area contributed by atoms with Crippen LogP contribution >= 0.6 is 7.82 Å². The van der Waals surface area contributed by atoms with Gasteiger partial charge in [-0.25, -0.2) is 0 Å². The van der Waals surface area contributed by atoms with Crippen molar-refractivity contribution in [1.82, 2.24) is 0 Å². The van der Waals surface area contributed by atoms with Crippen molar-refractivity contribution in [2.45, 2.75) is 142 Å². The van der Waals surface area contributed by atoms with Gasteiger partial charge in [0.05, 0.1) is 5.92 Å². The first-order valence-electron chi connectivity index (χ1n) is 12.7. The zero-order valence-corrected chi connectivity index (χ0v) is 33.4. The summed E-state index contributed by atoms with van der Waals surface area (Å²) in [6.07, 6.45) is 25.3. The zero-order chi connectivity index (χ0) is 23.8. The Balaban J connectivity index is -0.000000315. The van der Waals surface area contributed by atoms with E-state index in [2.05, 4.69) is 13.8 Å². The van der Waals surface area contributed by atoms with Crippen molar-refractivity contribution in [3.8, 4) is 0 Å². The molecule has 0 aliphatic rings. The fraction of sp³-hybridized carbons (Fsp3) is 0.958. The molecule has 0 aliphatic heterocycles. The van der Waals surface area contributed by atoms with Gasteiger partial charge in [-0.05, 0) is 12.8 Å². The van der Waals surface area contributed by atoms with Gasteiger partial charge in [0.15, 0.2) is 0 Å². The summed E-state index contributed by atoms with van der Waals surface area (Å²) >= 11 is 0. The van der Waals surface area contributed by atoms with Crippen LogP contribution in [0.25, 0.3) is 0 Å². The zero-order valence-electron chi connectivity index (χ0n) is 23.2. The average Bonchev–Trinajstić information content (AvgIpc) is 2.68. The summed E-state index contributed by atoms with van der Waals surface area (Å²) in [6.45, 7) is 4.51. The largest absolute Gasteiger partial charge is 1.00 e. The number of rotatable bonds is 21. The van der Waals surface area contributed by atoms with Gasteiger partial charge in [-0.15, -0.1) is 0 Å². The number of phosphoric acid groups is 1. The van der Waals surface area contributed by atoms with Gasteiger partial charge in [-0.2, -0.15) is 7.82 Å². The number of carboxylic acid groups (broad SMARTS) is 1. The predicted molar refractivity (Wildman–Crippen MR) is 122 cm³/mol. The molecule has 0 aliphatic carbocycles. The Labute approximate surface area is 338 Å². The van der Waals surface area contributed by atoms with Gasteiger partial charge in [0.2, 0.25) is 0 Å². The maximum Gasteiger partial charge on any atom is 1.00 e. The van der Waals surface area contributed by atoms with Crippen molar-refractivity contribution >= 4 is 13.8 Å². The number of carboxylic acids is 1. The standard InChI is InChI=1S/C24H48O2.3K.H3O4P/c1-3-5-7-9-11-13-14-16-18-20-22-23(24(25)26)21-19-17-15-12-10-8-6-4-2;;;;1-5(2,3)4/h23H,3-22H2,1-2H3,(H,25,26);;;;(H3,1,2,3,4)/q;3*+1;/p-3. The van der Waals surface area contributed by atoms with E-state index in [0.29, 0.717) is 0 Å². The Bertz CT molecular complexity index is 431. The molecule has 0 fully saturated rings. The van der Waals surface area contributed by atoms with Crippen molar-refractivity contribution in [1.29, 1.82) is 0 Å². The molecule has 0 saturated carbocycles. The van der Waals surface area contributed by atoms with Crippen molar-refractivity contribution in [3.05, 3.63) is 0 Å². The molecule has 34 heavy (non-hydrogen) atoms. The average molecular weight is 581 g/mol. The van der Waals surface area contributed by atoms with E-state index in [0.717, 1.165) is 25.7 Å². The van der Waals surface area contributed by atoms with Crippen LogP contribution in [0.4, 0.5) is 0 Å². The van der Waals surface area contributed by atoms with Gasteiger partial charge >= 0.3 is 160 Å². The molecule has 0 amide bonds. The first kappa shape index (κ1) is 48.2. The molecule has 0 aromatic carbocycles. The Morgan fingerprint density at radius 3 is 1.00 bits per heavy atom. The van der Waals surface area contributed by atoms with Crippen molar-refractivity contribution < 1.29 is 183 Å². The molecule has 6 nitrogen and oxygen atoms in total. The molecule has 0 aromatic heterocycles. The van der Waals surface area contributed by atoms with Gasteiger partial charge in [0, 0.05) is 0 Å². The van der Waals surface area contributed by atoms with Crippen LogP contribution in [0.3, 0.4) is 0 Å². The first-order chi connectivity index (χ1) is 14.7. The molecular formula is C24H48K3O6P. The van der Waals surface area contributed by atoms with Gasteiger partial charge in [-0.3, -0.25) is 4.79 Å². The summed E-state index contributed by atoms with van der Waals surface area (Å²) in [6, 6.07) is 0. The third-order valence-corrected chi connectivity index (χ3v) is 5.66. The fourth-order valence-corrected chi connectivity index (χ4v) is 3.79. The fourth-order valence-electron chi connectivity index (χ4n) is 3.79. The summed E-state index contributed by atoms with van der Waals surface area (Å²) in [7, 11) is -5.39. The quantitative estimate of drug-likeness (QED) is 0.0863. The van der Waals surface area contributed by atoms with Crippen molar-refractivity contribution in [2.75, 3.05) is 0 Å². The van der Waals surface area contributed by atoms with Crippen LogP contribution in [0.15, 0.2) is 0 Å². The molecule has 1 unspecified atom stereocenters. The van der Waals surface area contributed by atoms with E-state index >= 15 is 0 Å². The number of unbranched alkanes of at least 4 members (excludes halogenated alkanes) is 16. The summed E-state index contributed by atoms with van der Waals surface area (Å²) in [5, 5.41) is 9.42. The van der Waals surface area contributed by atoms with E-state index in [4.69, 9.17) is 19.2 Å². The maximum absolute atomic E-state index is 11.4. The number of hydrogen-bond donors (Lipinski definition) is 1. The summed E-state index contributed by atoms with van der Waals surface area (Å²) < 4.78 is 8.55. The predicted octanol–water partition coefficient (Wildman–Crippen LogP) is -3.28. The summed E-state index contributed by atoms with van der Waals surface area (Å²) in [4.78, 5) is 37.1. The molecule has 0 rings (SSSR count). The van der Waals surface area contributed by atoms with E-state index in [1.54, 1.807) is 0 Å². The molecule has 0 spiro atoms. The van der Waals surface area contributed by atoms with Crippen molar-refractivity contribution in [3.63, 3.8) is 0 Å². The Kier molecular flexibility index (Phi) is 53.2. The second kappa shape index (κ2) is 37.5. The van der Waals surface area contributed by atoms with E-state index < -0.39 is 13.8 Å². The molecule has 0 radical (unpaired) electrons. The second-order valence-electron chi connectivity index (χ2n) is 8.72. The molecule has 0 saturated heterocycles. The monoisotopic (exact) mass is 580 g/mol. The van der Waals surface area contributed by atoms with Gasteiger partial charge in [-0.1, -0.05) is 129 Å². The van der Waals surface area contributed by atoms with Crippen LogP contribution in [0.2, 0.25) is 0 Å². The van der Waals surface area contributed by atoms with Crippen LogP contribution in [0, 0.1) is 5.92 Å². The summed E-state index contributed by atoms with van der Waals surface area (Å²) in [5.41, 5.74) is 0. The number of aliphatic carboxylic acids is 1. The smallest absolute Gasteiger partial charge is 0.822 e. The van der Waals surface area contributed by atoms with Crippen LogP contribution < -0.4 is 169 Å². The molecule has 1 atom stereocenters. The molecule has 0 heterocycles. The van der Waals surface area contributed by atoms with E-state index in [9.17, 15) is 9.90 Å². The second-order valence-corrected chi connectivity index (χ2v) is 9.61. The van der Waals surface area contributed by atoms with E-state index in [1.807, 2.05) is 0 Å². The van der Waals surface area contributed by atoms with Crippen LogP contribution in [0.5, 0.6) is 0 Å². The molecule has 0 aromatic rings. The minimum absolute atomic E-state index is 0. The maximum atomic E-state index is 11.4. The van der Waals surface area contributed by atoms with Crippen LogP contribution in [0.1, 0.15) is 142 Å². The van der Waals surface area contributed by atoms with Crippen molar-refractivity contribution in [2.24, 2.45) is 5.92 Å². The first-order valence-corrected chi connectivity index (χ1v) is 14.1. The Morgan fingerprint density at radius 2 is 0.794 bits per heavy atom. The minimum Gasteiger partial charge on any atom is -0.822 e.